The number of rotatable bonds is 4. The molecule has 4 nitrogen and oxygen atoms in total. The lowest BCUT2D eigenvalue weighted by molar-refractivity contribution is -0.155. The van der Waals surface area contributed by atoms with Gasteiger partial charge in [0.1, 0.15) is 0 Å². The Hall–Kier alpha value is -0.870. The van der Waals surface area contributed by atoms with E-state index in [-0.39, 0.29) is 0 Å². The van der Waals surface area contributed by atoms with E-state index in [0.29, 0.717) is 13.2 Å². The van der Waals surface area contributed by atoms with E-state index in [2.05, 4.69) is 18.4 Å². The number of carbonyl (C=O) groups is 1. The standard InChI is InChI=1S/C10H17NO3/c1-3-8(2)6-11-4-5-14-9(7-11)10(12)13/h9H,2-7H2,1H3,(H,12,13). The van der Waals surface area contributed by atoms with E-state index in [4.69, 9.17) is 9.84 Å². The second kappa shape index (κ2) is 5.12. The molecule has 1 unspecified atom stereocenters. The molecule has 0 radical (unpaired) electrons. The van der Waals surface area contributed by atoms with Crippen LogP contribution in [0.15, 0.2) is 12.2 Å². The van der Waals surface area contributed by atoms with E-state index >= 15 is 0 Å². The minimum absolute atomic E-state index is 0.467. The molecule has 0 saturated carbocycles. The highest BCUT2D eigenvalue weighted by atomic mass is 16.5. The summed E-state index contributed by atoms with van der Waals surface area (Å²) in [6, 6.07) is 0. The van der Waals surface area contributed by atoms with Crippen molar-refractivity contribution < 1.29 is 14.6 Å². The van der Waals surface area contributed by atoms with Gasteiger partial charge in [-0.3, -0.25) is 4.90 Å². The van der Waals surface area contributed by atoms with Gasteiger partial charge in [0.05, 0.1) is 6.61 Å². The zero-order valence-electron chi connectivity index (χ0n) is 8.53. The lowest BCUT2D eigenvalue weighted by Gasteiger charge is -2.31. The zero-order valence-corrected chi connectivity index (χ0v) is 8.53. The summed E-state index contributed by atoms with van der Waals surface area (Å²) in [6.07, 6.45) is 0.267. The summed E-state index contributed by atoms with van der Waals surface area (Å²) in [7, 11) is 0. The molecule has 1 aliphatic rings. The van der Waals surface area contributed by atoms with Crippen LogP contribution in [0.5, 0.6) is 0 Å². The van der Waals surface area contributed by atoms with E-state index in [0.717, 1.165) is 25.1 Å². The first kappa shape index (κ1) is 11.2. The highest BCUT2D eigenvalue weighted by Crippen LogP contribution is 2.08. The van der Waals surface area contributed by atoms with Crippen molar-refractivity contribution in [2.24, 2.45) is 0 Å². The fraction of sp³-hybridized carbons (Fsp3) is 0.700. The topological polar surface area (TPSA) is 49.8 Å². The van der Waals surface area contributed by atoms with Crippen molar-refractivity contribution in [1.29, 1.82) is 0 Å². The third-order valence-corrected chi connectivity index (χ3v) is 2.37. The first-order valence-electron chi connectivity index (χ1n) is 4.87. The van der Waals surface area contributed by atoms with Crippen LogP contribution in [-0.2, 0) is 9.53 Å². The predicted molar refractivity (Wildman–Crippen MR) is 53.2 cm³/mol. The monoisotopic (exact) mass is 199 g/mol. The molecular formula is C10H17NO3. The summed E-state index contributed by atoms with van der Waals surface area (Å²) in [5, 5.41) is 8.77. The van der Waals surface area contributed by atoms with E-state index in [9.17, 15) is 4.79 Å². The molecule has 4 heteroatoms. The van der Waals surface area contributed by atoms with Crippen LogP contribution < -0.4 is 0 Å². The average molecular weight is 199 g/mol. The fourth-order valence-electron chi connectivity index (χ4n) is 1.42. The molecule has 1 fully saturated rings. The molecule has 0 aromatic carbocycles. The molecule has 0 aliphatic carbocycles. The number of carboxylic acid groups (broad SMARTS) is 1. The molecule has 0 amide bonds. The van der Waals surface area contributed by atoms with E-state index in [1.165, 1.54) is 0 Å². The maximum atomic E-state index is 10.7. The second-order valence-corrected chi connectivity index (χ2v) is 3.54. The molecule has 1 aliphatic heterocycles. The van der Waals surface area contributed by atoms with Crippen LogP contribution >= 0.6 is 0 Å². The lowest BCUT2D eigenvalue weighted by atomic mass is 10.2. The van der Waals surface area contributed by atoms with Crippen LogP contribution in [0.4, 0.5) is 0 Å². The number of carboxylic acids is 1. The van der Waals surface area contributed by atoms with Gasteiger partial charge in [-0.2, -0.15) is 0 Å². The molecule has 14 heavy (non-hydrogen) atoms. The van der Waals surface area contributed by atoms with Gasteiger partial charge in [0.25, 0.3) is 0 Å². The van der Waals surface area contributed by atoms with Crippen molar-refractivity contribution in [3.05, 3.63) is 12.2 Å². The quantitative estimate of drug-likeness (QED) is 0.678. The van der Waals surface area contributed by atoms with Gasteiger partial charge in [-0.15, -0.1) is 0 Å². The number of ether oxygens (including phenoxy) is 1. The van der Waals surface area contributed by atoms with Gasteiger partial charge in [0.2, 0.25) is 0 Å². The van der Waals surface area contributed by atoms with E-state index in [1.807, 2.05) is 0 Å². The van der Waals surface area contributed by atoms with Crippen LogP contribution in [-0.4, -0.2) is 48.3 Å². The Labute approximate surface area is 84.2 Å². The molecule has 1 rings (SSSR count). The molecule has 1 heterocycles. The summed E-state index contributed by atoms with van der Waals surface area (Å²) < 4.78 is 5.11. The van der Waals surface area contributed by atoms with Crippen LogP contribution in [0.1, 0.15) is 13.3 Å². The molecule has 1 N–H and O–H groups in total. The Morgan fingerprint density at radius 1 is 1.71 bits per heavy atom. The fourth-order valence-corrected chi connectivity index (χ4v) is 1.42. The summed E-state index contributed by atoms with van der Waals surface area (Å²) in [5.41, 5.74) is 1.14. The minimum Gasteiger partial charge on any atom is -0.479 e. The van der Waals surface area contributed by atoms with Crippen molar-refractivity contribution in [3.8, 4) is 0 Å². The van der Waals surface area contributed by atoms with Crippen molar-refractivity contribution in [2.75, 3.05) is 26.2 Å². The third-order valence-electron chi connectivity index (χ3n) is 2.37. The summed E-state index contributed by atoms with van der Waals surface area (Å²) >= 11 is 0. The largest absolute Gasteiger partial charge is 0.479 e. The maximum Gasteiger partial charge on any atom is 0.334 e. The van der Waals surface area contributed by atoms with Gasteiger partial charge in [0, 0.05) is 19.6 Å². The van der Waals surface area contributed by atoms with Gasteiger partial charge in [0.15, 0.2) is 6.10 Å². The Morgan fingerprint density at radius 2 is 2.43 bits per heavy atom. The summed E-state index contributed by atoms with van der Waals surface area (Å²) in [6.45, 7) is 8.50. The van der Waals surface area contributed by atoms with E-state index in [1.54, 1.807) is 0 Å². The molecule has 0 aromatic heterocycles. The van der Waals surface area contributed by atoms with Crippen LogP contribution in [0, 0.1) is 0 Å². The maximum absolute atomic E-state index is 10.7. The first-order chi connectivity index (χ1) is 6.63. The number of hydrogen-bond donors (Lipinski definition) is 1. The summed E-state index contributed by atoms with van der Waals surface area (Å²) in [5.74, 6) is -0.878. The van der Waals surface area contributed by atoms with Crippen molar-refractivity contribution >= 4 is 5.97 Å². The summed E-state index contributed by atoms with van der Waals surface area (Å²) in [4.78, 5) is 12.8. The van der Waals surface area contributed by atoms with Gasteiger partial charge in [-0.05, 0) is 6.42 Å². The highest BCUT2D eigenvalue weighted by molar-refractivity contribution is 5.72. The average Bonchev–Trinajstić information content (AvgIpc) is 2.18. The van der Waals surface area contributed by atoms with Gasteiger partial charge in [-0.25, -0.2) is 4.79 Å². The second-order valence-electron chi connectivity index (χ2n) is 3.54. The number of hydrogen-bond acceptors (Lipinski definition) is 3. The van der Waals surface area contributed by atoms with Crippen LogP contribution in [0.2, 0.25) is 0 Å². The first-order valence-corrected chi connectivity index (χ1v) is 4.87. The van der Waals surface area contributed by atoms with Gasteiger partial charge in [-0.1, -0.05) is 19.1 Å². The SMILES string of the molecule is C=C(CC)CN1CCOC(C(=O)O)C1. The number of nitrogens with zero attached hydrogens (tertiary/aromatic N) is 1. The molecule has 0 aromatic rings. The number of morpholine rings is 1. The highest BCUT2D eigenvalue weighted by Gasteiger charge is 2.25. The molecule has 1 saturated heterocycles. The Kier molecular flexibility index (Phi) is 4.10. The molecule has 1 atom stereocenters. The minimum atomic E-state index is -0.878. The van der Waals surface area contributed by atoms with Crippen LogP contribution in [0.3, 0.4) is 0 Å². The Morgan fingerprint density at radius 3 is 3.00 bits per heavy atom. The molecule has 0 bridgehead atoms. The predicted octanol–water partition coefficient (Wildman–Crippen LogP) is 0.738. The van der Waals surface area contributed by atoms with E-state index < -0.39 is 12.1 Å². The Balaban J connectivity index is 2.40. The van der Waals surface area contributed by atoms with Crippen molar-refractivity contribution in [3.63, 3.8) is 0 Å². The van der Waals surface area contributed by atoms with Crippen molar-refractivity contribution in [2.45, 2.75) is 19.4 Å². The number of aliphatic carboxylic acids is 1. The van der Waals surface area contributed by atoms with Gasteiger partial charge < -0.3 is 9.84 Å². The van der Waals surface area contributed by atoms with Crippen molar-refractivity contribution in [1.82, 2.24) is 4.90 Å². The molecular weight excluding hydrogens is 182 g/mol. The normalized spacial score (nSPS) is 23.4. The lowest BCUT2D eigenvalue weighted by Crippen LogP contribution is -2.46. The molecule has 0 spiro atoms. The smallest absolute Gasteiger partial charge is 0.334 e. The van der Waals surface area contributed by atoms with Crippen LogP contribution in [0.25, 0.3) is 0 Å². The zero-order chi connectivity index (χ0) is 10.6. The van der Waals surface area contributed by atoms with Gasteiger partial charge >= 0.3 is 5.97 Å². The third kappa shape index (κ3) is 3.12. The molecule has 80 valence electrons. The Bertz CT molecular complexity index is 227.